The van der Waals surface area contributed by atoms with Crippen LogP contribution in [0.25, 0.3) is 110 Å². The summed E-state index contributed by atoms with van der Waals surface area (Å²) in [4.78, 5) is 10.6. The first kappa shape index (κ1) is 29.6. The van der Waals surface area contributed by atoms with Gasteiger partial charge in [-0.05, 0) is 67.4 Å². The minimum Gasteiger partial charge on any atom is -0.455 e. The van der Waals surface area contributed by atoms with Crippen LogP contribution in [0.3, 0.4) is 0 Å². The molecular weight excluding hydrogens is 645 g/mol. The molecule has 0 amide bonds. The number of nitrogens with zero attached hydrogens (tertiary/aromatic N) is 2. The normalized spacial score (nSPS) is 11.8. The SMILES string of the molecule is c1ccc(-c2cc(-c3ccccc3)nc(-c3c4ccccc4c(-c4cc5ccccc5c5c4oc4cc6ccccc6cc45)c4ccccc34)n2)cc1. The minimum atomic E-state index is 0.697. The van der Waals surface area contributed by atoms with Crippen molar-refractivity contribution in [2.75, 3.05) is 0 Å². The third-order valence-electron chi connectivity index (χ3n) is 10.6. The molecular formula is C50H30N2O. The highest BCUT2D eigenvalue weighted by Crippen LogP contribution is 2.48. The smallest absolute Gasteiger partial charge is 0.161 e. The molecule has 0 bridgehead atoms. The van der Waals surface area contributed by atoms with Gasteiger partial charge in [-0.1, -0.05) is 158 Å². The second-order valence-electron chi connectivity index (χ2n) is 13.7. The fourth-order valence-corrected chi connectivity index (χ4v) is 8.23. The zero-order valence-electron chi connectivity index (χ0n) is 28.6. The summed E-state index contributed by atoms with van der Waals surface area (Å²) < 4.78 is 6.97. The Balaban J connectivity index is 1.26. The number of rotatable bonds is 4. The van der Waals surface area contributed by atoms with Crippen LogP contribution in [-0.4, -0.2) is 9.97 Å². The lowest BCUT2D eigenvalue weighted by atomic mass is 9.86. The topological polar surface area (TPSA) is 38.9 Å². The molecule has 0 atom stereocenters. The lowest BCUT2D eigenvalue weighted by Crippen LogP contribution is -1.98. The van der Waals surface area contributed by atoms with Gasteiger partial charge in [0, 0.05) is 38.6 Å². The van der Waals surface area contributed by atoms with E-state index in [1.54, 1.807) is 0 Å². The highest BCUT2D eigenvalue weighted by molar-refractivity contribution is 6.28. The van der Waals surface area contributed by atoms with E-state index in [1.807, 2.05) is 12.1 Å². The number of hydrogen-bond donors (Lipinski definition) is 0. The van der Waals surface area contributed by atoms with Crippen molar-refractivity contribution in [1.82, 2.24) is 9.97 Å². The fraction of sp³-hybridized carbons (Fsp3) is 0. The summed E-state index contributed by atoms with van der Waals surface area (Å²) in [6, 6.07) is 64.2. The number of aromatic nitrogens is 2. The number of furan rings is 1. The van der Waals surface area contributed by atoms with Crippen molar-refractivity contribution in [3.63, 3.8) is 0 Å². The van der Waals surface area contributed by atoms with E-state index in [1.165, 1.54) is 16.2 Å². The second-order valence-corrected chi connectivity index (χ2v) is 13.7. The molecule has 0 saturated carbocycles. The molecule has 0 aliphatic rings. The molecule has 246 valence electrons. The molecule has 0 spiro atoms. The second kappa shape index (κ2) is 11.7. The molecule has 0 saturated heterocycles. The summed E-state index contributed by atoms with van der Waals surface area (Å²) in [6.07, 6.45) is 0. The number of fused-ring (bicyclic) bond motifs is 8. The summed E-state index contributed by atoms with van der Waals surface area (Å²) in [6.45, 7) is 0. The van der Waals surface area contributed by atoms with E-state index < -0.39 is 0 Å². The zero-order valence-corrected chi connectivity index (χ0v) is 28.6. The standard InChI is InChI=1S/C50H30N2O/c1-3-15-31(16-4-1)43-30-44(32-17-5-2-6-18-32)52-50(51-43)48-39-25-13-11-23-37(39)46(38-24-12-14-26-40(38)48)42-28-35-21-9-10-22-36(35)47-41-27-33-19-7-8-20-34(33)29-45(41)53-49(42)47/h1-30H. The first-order valence-corrected chi connectivity index (χ1v) is 18.0. The lowest BCUT2D eigenvalue weighted by Gasteiger charge is -2.18. The van der Waals surface area contributed by atoms with E-state index in [-0.39, 0.29) is 0 Å². The van der Waals surface area contributed by atoms with Gasteiger partial charge in [-0.3, -0.25) is 0 Å². The molecule has 0 N–H and O–H groups in total. The molecule has 0 fully saturated rings. The first-order chi connectivity index (χ1) is 26.3. The Hall–Kier alpha value is -7.10. The minimum absolute atomic E-state index is 0.697. The maximum atomic E-state index is 6.97. The van der Waals surface area contributed by atoms with Crippen LogP contribution in [0, 0.1) is 0 Å². The number of hydrogen-bond acceptors (Lipinski definition) is 3. The summed E-state index contributed by atoms with van der Waals surface area (Å²) in [5.41, 5.74) is 8.89. The third-order valence-corrected chi connectivity index (χ3v) is 10.6. The number of benzene rings is 9. The van der Waals surface area contributed by atoms with Gasteiger partial charge in [0.2, 0.25) is 0 Å². The van der Waals surface area contributed by atoms with Gasteiger partial charge >= 0.3 is 0 Å². The van der Waals surface area contributed by atoms with Crippen molar-refractivity contribution in [1.29, 1.82) is 0 Å². The summed E-state index contributed by atoms with van der Waals surface area (Å²) >= 11 is 0. The summed E-state index contributed by atoms with van der Waals surface area (Å²) in [5.74, 6) is 0.697. The van der Waals surface area contributed by atoms with Gasteiger partial charge in [0.15, 0.2) is 5.82 Å². The van der Waals surface area contributed by atoms with Gasteiger partial charge in [-0.15, -0.1) is 0 Å². The van der Waals surface area contributed by atoms with Crippen molar-refractivity contribution in [3.05, 3.63) is 182 Å². The molecule has 0 radical (unpaired) electrons. The quantitative estimate of drug-likeness (QED) is 0.174. The van der Waals surface area contributed by atoms with Crippen LogP contribution in [0.1, 0.15) is 0 Å². The van der Waals surface area contributed by atoms with Crippen molar-refractivity contribution in [2.45, 2.75) is 0 Å². The Labute approximate surface area is 305 Å². The van der Waals surface area contributed by atoms with Crippen LogP contribution in [0.5, 0.6) is 0 Å². The molecule has 0 unspecified atom stereocenters. The summed E-state index contributed by atoms with van der Waals surface area (Å²) in [7, 11) is 0. The fourth-order valence-electron chi connectivity index (χ4n) is 8.23. The zero-order chi connectivity index (χ0) is 34.9. The Kier molecular flexibility index (Phi) is 6.55. The van der Waals surface area contributed by atoms with Crippen LogP contribution in [0.2, 0.25) is 0 Å². The van der Waals surface area contributed by atoms with E-state index in [0.29, 0.717) is 5.82 Å². The lowest BCUT2D eigenvalue weighted by molar-refractivity contribution is 0.671. The molecule has 9 aromatic carbocycles. The Morgan fingerprint density at radius 1 is 0.358 bits per heavy atom. The van der Waals surface area contributed by atoms with E-state index >= 15 is 0 Å². The Morgan fingerprint density at radius 2 is 0.830 bits per heavy atom. The molecule has 11 aromatic rings. The van der Waals surface area contributed by atoms with Gasteiger partial charge in [-0.25, -0.2) is 9.97 Å². The van der Waals surface area contributed by atoms with Gasteiger partial charge in [0.25, 0.3) is 0 Å². The van der Waals surface area contributed by atoms with Crippen molar-refractivity contribution in [3.8, 4) is 45.0 Å². The van der Waals surface area contributed by atoms with Crippen LogP contribution in [0.4, 0.5) is 0 Å². The molecule has 2 heterocycles. The van der Waals surface area contributed by atoms with Gasteiger partial charge in [-0.2, -0.15) is 0 Å². The van der Waals surface area contributed by atoms with Gasteiger partial charge in [0.05, 0.1) is 11.4 Å². The van der Waals surface area contributed by atoms with Crippen LogP contribution in [0.15, 0.2) is 186 Å². The highest BCUT2D eigenvalue weighted by atomic mass is 16.3. The molecule has 0 aliphatic heterocycles. The molecule has 3 heteroatoms. The largest absolute Gasteiger partial charge is 0.455 e. The van der Waals surface area contributed by atoms with Crippen molar-refractivity contribution >= 4 is 65.0 Å². The predicted octanol–water partition coefficient (Wildman–Crippen LogP) is 13.7. The summed E-state index contributed by atoms with van der Waals surface area (Å²) in [5, 5.41) is 11.4. The maximum absolute atomic E-state index is 6.97. The molecule has 3 nitrogen and oxygen atoms in total. The van der Waals surface area contributed by atoms with Crippen LogP contribution >= 0.6 is 0 Å². The van der Waals surface area contributed by atoms with E-state index in [0.717, 1.165) is 88.1 Å². The van der Waals surface area contributed by atoms with Crippen molar-refractivity contribution in [2.24, 2.45) is 0 Å². The molecule has 53 heavy (non-hydrogen) atoms. The first-order valence-electron chi connectivity index (χ1n) is 18.0. The average molecular weight is 675 g/mol. The Bertz CT molecular complexity index is 3100. The Morgan fingerprint density at radius 3 is 1.42 bits per heavy atom. The van der Waals surface area contributed by atoms with Crippen LogP contribution < -0.4 is 0 Å². The molecule has 0 aliphatic carbocycles. The average Bonchev–Trinajstić information content (AvgIpc) is 3.61. The third kappa shape index (κ3) is 4.68. The maximum Gasteiger partial charge on any atom is 0.161 e. The molecule has 2 aromatic heterocycles. The van der Waals surface area contributed by atoms with E-state index in [2.05, 4.69) is 170 Å². The van der Waals surface area contributed by atoms with E-state index in [4.69, 9.17) is 14.4 Å². The predicted molar refractivity (Wildman–Crippen MR) is 221 cm³/mol. The monoisotopic (exact) mass is 674 g/mol. The van der Waals surface area contributed by atoms with E-state index in [9.17, 15) is 0 Å². The van der Waals surface area contributed by atoms with Gasteiger partial charge < -0.3 is 4.42 Å². The van der Waals surface area contributed by atoms with Crippen molar-refractivity contribution < 1.29 is 4.42 Å². The van der Waals surface area contributed by atoms with Gasteiger partial charge in [0.1, 0.15) is 11.2 Å². The molecule has 11 rings (SSSR count). The van der Waals surface area contributed by atoms with Crippen LogP contribution in [-0.2, 0) is 0 Å². The highest BCUT2D eigenvalue weighted by Gasteiger charge is 2.23.